The van der Waals surface area contributed by atoms with Crippen LogP contribution in [0.2, 0.25) is 5.02 Å². The number of nitrogens with one attached hydrogen (secondary N) is 2. The van der Waals surface area contributed by atoms with Crippen molar-refractivity contribution in [3.63, 3.8) is 0 Å². The maximum absolute atomic E-state index is 13.7. The first-order chi connectivity index (χ1) is 18.1. The fraction of sp³-hybridized carbons (Fsp3) is 0.462. The Bertz CT molecular complexity index is 1400. The van der Waals surface area contributed by atoms with Crippen LogP contribution in [0.25, 0.3) is 0 Å². The van der Waals surface area contributed by atoms with E-state index in [1.165, 1.54) is 19.1 Å². The summed E-state index contributed by atoms with van der Waals surface area (Å²) in [5, 5.41) is 15.3. The molecule has 13 heteroatoms. The molecule has 0 saturated heterocycles. The standard InChI is InChI=1S/C26H29ClF3N3O5S/c1-12-5-15-7-17(10-18(12)26(15,36)11-32-24(34)13(2)31)39(37,38)22-6-14(3-4-19(22)27)25(35)33-16-8-20(28)23(30)21(29)9-16/h3-4,6,8-9,12-13,15,17-18,36H,5,7,10-11,31H2,1-2H3,(H,32,34)(H,33,35)/t12-,13-,15?,17+,18?,26+/m0/s1. The van der Waals surface area contributed by atoms with E-state index in [2.05, 4.69) is 10.6 Å². The molecule has 2 fully saturated rings. The number of fused-ring (bicyclic) bond motifs is 2. The molecule has 212 valence electrons. The molecule has 2 bridgehead atoms. The number of sulfone groups is 1. The Labute approximate surface area is 229 Å². The first-order valence-electron chi connectivity index (χ1n) is 12.4. The van der Waals surface area contributed by atoms with Crippen molar-refractivity contribution in [1.82, 2.24) is 5.32 Å². The van der Waals surface area contributed by atoms with Gasteiger partial charge in [0.2, 0.25) is 5.91 Å². The number of aliphatic hydroxyl groups is 1. The Balaban J connectivity index is 1.56. The predicted octanol–water partition coefficient (Wildman–Crippen LogP) is 3.41. The van der Waals surface area contributed by atoms with Crippen LogP contribution >= 0.6 is 11.6 Å². The van der Waals surface area contributed by atoms with E-state index in [0.29, 0.717) is 18.6 Å². The molecule has 8 nitrogen and oxygen atoms in total. The highest BCUT2D eigenvalue weighted by Gasteiger charge is 2.58. The molecule has 2 aliphatic carbocycles. The second-order valence-corrected chi connectivity index (χ2v) is 13.1. The van der Waals surface area contributed by atoms with E-state index in [1.807, 2.05) is 6.92 Å². The van der Waals surface area contributed by atoms with E-state index in [-0.39, 0.29) is 46.5 Å². The van der Waals surface area contributed by atoms with Crippen LogP contribution in [-0.2, 0) is 14.6 Å². The maximum atomic E-state index is 13.7. The summed E-state index contributed by atoms with van der Waals surface area (Å²) in [6.07, 6.45) is 0.808. The van der Waals surface area contributed by atoms with Crippen LogP contribution in [0.3, 0.4) is 0 Å². The number of carbonyl (C=O) groups excluding carboxylic acids is 2. The van der Waals surface area contributed by atoms with Gasteiger partial charge in [-0.15, -0.1) is 0 Å². The SMILES string of the molecule is C[C@H](N)C(=O)NC[C@@]1(O)C2C[C@@H](S(=O)(=O)c3cc(C(=O)Nc4cc(F)c(F)c(F)c4)ccc3Cl)CC1[C@@H](C)C2. The fourth-order valence-electron chi connectivity index (χ4n) is 5.84. The molecule has 0 heterocycles. The van der Waals surface area contributed by atoms with Crippen molar-refractivity contribution in [2.24, 2.45) is 23.5 Å². The average molecular weight is 588 g/mol. The van der Waals surface area contributed by atoms with Gasteiger partial charge in [-0.1, -0.05) is 18.5 Å². The molecule has 2 unspecified atom stereocenters. The summed E-state index contributed by atoms with van der Waals surface area (Å²) in [7, 11) is -4.08. The van der Waals surface area contributed by atoms with Gasteiger partial charge >= 0.3 is 0 Å². The van der Waals surface area contributed by atoms with Gasteiger partial charge in [0.05, 0.1) is 26.8 Å². The number of hydrogen-bond acceptors (Lipinski definition) is 6. The number of halogens is 4. The number of hydrogen-bond donors (Lipinski definition) is 4. The molecule has 2 aliphatic rings. The monoisotopic (exact) mass is 587 g/mol. The van der Waals surface area contributed by atoms with E-state index < -0.39 is 67.8 Å². The maximum Gasteiger partial charge on any atom is 0.255 e. The third-order valence-electron chi connectivity index (χ3n) is 7.90. The van der Waals surface area contributed by atoms with Crippen molar-refractivity contribution in [2.45, 2.75) is 54.9 Å². The molecule has 2 aromatic rings. The minimum Gasteiger partial charge on any atom is -0.387 e. The van der Waals surface area contributed by atoms with Gasteiger partial charge in [-0.25, -0.2) is 21.6 Å². The van der Waals surface area contributed by atoms with Crippen molar-refractivity contribution in [1.29, 1.82) is 0 Å². The van der Waals surface area contributed by atoms with Gasteiger partial charge in [-0.05, 0) is 62.1 Å². The second kappa shape index (κ2) is 10.7. The lowest BCUT2D eigenvalue weighted by Crippen LogP contribution is -2.56. The zero-order chi connectivity index (χ0) is 28.9. The smallest absolute Gasteiger partial charge is 0.255 e. The molecule has 5 N–H and O–H groups in total. The lowest BCUT2D eigenvalue weighted by molar-refractivity contribution is -0.125. The molecule has 39 heavy (non-hydrogen) atoms. The van der Waals surface area contributed by atoms with Crippen molar-refractivity contribution in [3.8, 4) is 0 Å². The molecule has 0 spiro atoms. The van der Waals surface area contributed by atoms with Gasteiger partial charge in [0.1, 0.15) is 0 Å². The summed E-state index contributed by atoms with van der Waals surface area (Å²) in [5.74, 6) is -6.82. The van der Waals surface area contributed by atoms with Crippen LogP contribution in [0, 0.1) is 35.2 Å². The quantitative estimate of drug-likeness (QED) is 0.366. The molecule has 4 rings (SSSR count). The van der Waals surface area contributed by atoms with Crippen molar-refractivity contribution in [3.05, 3.63) is 58.4 Å². The number of rotatable bonds is 7. The van der Waals surface area contributed by atoms with Crippen LogP contribution in [0.1, 0.15) is 43.5 Å². The van der Waals surface area contributed by atoms with Crippen LogP contribution in [0.15, 0.2) is 35.2 Å². The van der Waals surface area contributed by atoms with Crippen molar-refractivity contribution >= 4 is 38.9 Å². The van der Waals surface area contributed by atoms with Gasteiger partial charge in [0.25, 0.3) is 5.91 Å². The first kappa shape index (κ1) is 29.3. The number of benzene rings is 2. The van der Waals surface area contributed by atoms with E-state index in [1.54, 1.807) is 0 Å². The van der Waals surface area contributed by atoms with Gasteiger partial charge in [0.15, 0.2) is 27.3 Å². The van der Waals surface area contributed by atoms with Gasteiger partial charge < -0.3 is 21.5 Å². The molecule has 2 aromatic carbocycles. The minimum absolute atomic E-state index is 0.00325. The molecular weight excluding hydrogens is 559 g/mol. The second-order valence-electron chi connectivity index (χ2n) is 10.5. The van der Waals surface area contributed by atoms with E-state index >= 15 is 0 Å². The van der Waals surface area contributed by atoms with Crippen LogP contribution in [-0.4, -0.2) is 48.8 Å². The van der Waals surface area contributed by atoms with Crippen LogP contribution < -0.4 is 16.4 Å². The predicted molar refractivity (Wildman–Crippen MR) is 138 cm³/mol. The molecule has 2 saturated carbocycles. The number of anilines is 1. The van der Waals surface area contributed by atoms with Gasteiger partial charge in [-0.3, -0.25) is 9.59 Å². The highest BCUT2D eigenvalue weighted by Crippen LogP contribution is 2.54. The topological polar surface area (TPSA) is 139 Å². The molecule has 6 atom stereocenters. The summed E-state index contributed by atoms with van der Waals surface area (Å²) in [5.41, 5.74) is 3.80. The summed E-state index contributed by atoms with van der Waals surface area (Å²) < 4.78 is 67.8. The van der Waals surface area contributed by atoms with Crippen molar-refractivity contribution < 1.29 is 36.3 Å². The van der Waals surface area contributed by atoms with Crippen LogP contribution in [0.4, 0.5) is 18.9 Å². The minimum atomic E-state index is -4.08. The molecule has 0 aliphatic heterocycles. The Morgan fingerprint density at radius 1 is 1.15 bits per heavy atom. The van der Waals surface area contributed by atoms with E-state index in [0.717, 1.165) is 6.07 Å². The van der Waals surface area contributed by atoms with E-state index in [4.69, 9.17) is 17.3 Å². The molecule has 0 radical (unpaired) electrons. The molecular formula is C26H29ClF3N3O5S. The summed E-state index contributed by atoms with van der Waals surface area (Å²) in [6.45, 7) is 3.41. The largest absolute Gasteiger partial charge is 0.387 e. The molecule has 0 aromatic heterocycles. The fourth-order valence-corrected chi connectivity index (χ4v) is 8.21. The third kappa shape index (κ3) is 5.52. The van der Waals surface area contributed by atoms with Gasteiger partial charge in [0, 0.05) is 29.9 Å². The Hall–Kier alpha value is -2.67. The number of amides is 2. The van der Waals surface area contributed by atoms with Gasteiger partial charge in [-0.2, -0.15) is 0 Å². The van der Waals surface area contributed by atoms with E-state index in [9.17, 15) is 36.3 Å². The van der Waals surface area contributed by atoms with Crippen LogP contribution in [0.5, 0.6) is 0 Å². The number of nitrogens with two attached hydrogens (primary N) is 1. The highest BCUT2D eigenvalue weighted by molar-refractivity contribution is 7.92. The summed E-state index contributed by atoms with van der Waals surface area (Å²) >= 11 is 6.25. The summed E-state index contributed by atoms with van der Waals surface area (Å²) in [6, 6.07) is 4.00. The zero-order valence-corrected chi connectivity index (χ0v) is 22.8. The normalized spacial score (nSPS) is 27.2. The lowest BCUT2D eigenvalue weighted by Gasteiger charge is -2.43. The average Bonchev–Trinajstić information content (AvgIpc) is 2.98. The Morgan fingerprint density at radius 3 is 2.38 bits per heavy atom. The summed E-state index contributed by atoms with van der Waals surface area (Å²) in [4.78, 5) is 24.4. The lowest BCUT2D eigenvalue weighted by atomic mass is 9.73. The number of carbonyl (C=O) groups is 2. The zero-order valence-electron chi connectivity index (χ0n) is 21.2. The Morgan fingerprint density at radius 2 is 1.79 bits per heavy atom. The Kier molecular flexibility index (Phi) is 8.06. The first-order valence-corrected chi connectivity index (χ1v) is 14.3. The molecule has 2 amide bonds. The highest BCUT2D eigenvalue weighted by atomic mass is 35.5. The third-order valence-corrected chi connectivity index (χ3v) is 10.6. The van der Waals surface area contributed by atoms with Crippen molar-refractivity contribution in [2.75, 3.05) is 11.9 Å².